The van der Waals surface area contributed by atoms with Gasteiger partial charge < -0.3 is 11.1 Å². The number of amides is 1. The van der Waals surface area contributed by atoms with E-state index in [2.05, 4.69) is 29.4 Å². The third kappa shape index (κ3) is 5.19. The average Bonchev–Trinajstić information content (AvgIpc) is 2.53. The molecule has 124 valence electrons. The molecule has 1 aromatic heterocycles. The van der Waals surface area contributed by atoms with Crippen LogP contribution in [-0.2, 0) is 0 Å². The minimum Gasteiger partial charge on any atom is -0.349 e. The number of hydrogen-bond donors (Lipinski definition) is 3. The molecule has 0 aliphatic heterocycles. The highest BCUT2D eigenvalue weighted by Gasteiger charge is 2.11. The number of aromatic amines is 1. The summed E-state index contributed by atoms with van der Waals surface area (Å²) in [5, 5.41) is 8.59. The highest BCUT2D eigenvalue weighted by molar-refractivity contribution is 5.91. The quantitative estimate of drug-likeness (QED) is 0.774. The van der Waals surface area contributed by atoms with Crippen molar-refractivity contribution < 1.29 is 4.79 Å². The van der Waals surface area contributed by atoms with Crippen molar-refractivity contribution in [1.82, 2.24) is 15.5 Å². The van der Waals surface area contributed by atoms with Crippen LogP contribution in [0.4, 0.5) is 0 Å². The van der Waals surface area contributed by atoms with E-state index in [1.807, 2.05) is 24.3 Å². The Morgan fingerprint density at radius 2 is 1.78 bits per heavy atom. The number of nitrogens with two attached hydrogens (primary N) is 1. The molecule has 7 heteroatoms. The molecule has 2 rings (SSSR count). The normalized spacial score (nSPS) is 11.7. The lowest BCUT2D eigenvalue weighted by Crippen LogP contribution is -2.32. The fraction of sp³-hybridized carbons (Fsp3) is 0.312. The number of carbonyl (C=O) groups is 1. The lowest BCUT2D eigenvalue weighted by atomic mass is 9.99. The van der Waals surface area contributed by atoms with E-state index < -0.39 is 0 Å². The maximum Gasteiger partial charge on any atom is 0.271 e. The minimum atomic E-state index is -0.370. The molecule has 1 aromatic carbocycles. The predicted molar refractivity (Wildman–Crippen MR) is 91.9 cm³/mol. The van der Waals surface area contributed by atoms with E-state index in [0.29, 0.717) is 12.5 Å². The van der Waals surface area contributed by atoms with Crippen LogP contribution in [0, 0.1) is 0 Å². The molecule has 1 unspecified atom stereocenters. The lowest BCUT2D eigenvalue weighted by molar-refractivity contribution is 0.0945. The lowest BCUT2D eigenvalue weighted by Gasteiger charge is -2.14. The van der Waals surface area contributed by atoms with Gasteiger partial charge in [-0.1, -0.05) is 38.1 Å². The van der Waals surface area contributed by atoms with Crippen LogP contribution in [0.25, 0.3) is 0 Å². The molecule has 1 heterocycles. The minimum absolute atomic E-state index is 0. The first-order chi connectivity index (χ1) is 10.5. The first-order valence-corrected chi connectivity index (χ1v) is 7.16. The van der Waals surface area contributed by atoms with E-state index in [4.69, 9.17) is 5.73 Å². The SMILES string of the molecule is CC(C)c1ccc(C(N)CNC(=O)c2ccc(=O)[nH]n2)cc1.Cl. The van der Waals surface area contributed by atoms with Gasteiger partial charge in [-0.2, -0.15) is 5.10 Å². The highest BCUT2D eigenvalue weighted by Crippen LogP contribution is 2.17. The summed E-state index contributed by atoms with van der Waals surface area (Å²) in [6.45, 7) is 4.55. The number of nitrogens with zero attached hydrogens (tertiary/aromatic N) is 1. The van der Waals surface area contributed by atoms with Crippen molar-refractivity contribution in [3.63, 3.8) is 0 Å². The molecule has 1 atom stereocenters. The number of H-pyrrole nitrogens is 1. The first kappa shape index (κ1) is 18.9. The molecule has 23 heavy (non-hydrogen) atoms. The van der Waals surface area contributed by atoms with E-state index in [-0.39, 0.29) is 35.6 Å². The molecular weight excluding hydrogens is 316 g/mol. The zero-order chi connectivity index (χ0) is 16.1. The van der Waals surface area contributed by atoms with Gasteiger partial charge in [-0.3, -0.25) is 9.59 Å². The van der Waals surface area contributed by atoms with Gasteiger partial charge in [0.25, 0.3) is 11.5 Å². The largest absolute Gasteiger partial charge is 0.349 e. The summed E-state index contributed by atoms with van der Waals surface area (Å²) in [6.07, 6.45) is 0. The average molecular weight is 337 g/mol. The maximum absolute atomic E-state index is 11.9. The van der Waals surface area contributed by atoms with Crippen molar-refractivity contribution in [2.75, 3.05) is 6.54 Å². The molecule has 0 radical (unpaired) electrons. The van der Waals surface area contributed by atoms with E-state index >= 15 is 0 Å². The third-order valence-electron chi connectivity index (χ3n) is 3.43. The Labute approximate surface area is 140 Å². The topological polar surface area (TPSA) is 101 Å². The standard InChI is InChI=1S/C16H20N4O2.ClH/c1-10(2)11-3-5-12(6-4-11)13(17)9-18-16(22)14-7-8-15(21)20-19-14;/h3-8,10,13H,9,17H2,1-2H3,(H,18,22)(H,20,21);1H. The van der Waals surface area contributed by atoms with Crippen LogP contribution in [0.15, 0.2) is 41.2 Å². The van der Waals surface area contributed by atoms with Crippen molar-refractivity contribution in [1.29, 1.82) is 0 Å². The molecule has 4 N–H and O–H groups in total. The van der Waals surface area contributed by atoms with Crippen LogP contribution in [0.3, 0.4) is 0 Å². The zero-order valence-corrected chi connectivity index (χ0v) is 13.9. The number of halogens is 1. The second-order valence-electron chi connectivity index (χ2n) is 5.44. The Balaban J connectivity index is 0.00000264. The molecule has 0 saturated carbocycles. The van der Waals surface area contributed by atoms with Gasteiger partial charge in [-0.25, -0.2) is 5.10 Å². The van der Waals surface area contributed by atoms with Crippen LogP contribution in [-0.4, -0.2) is 22.6 Å². The Bertz CT molecular complexity index is 677. The molecule has 2 aromatic rings. The summed E-state index contributed by atoms with van der Waals surface area (Å²) in [5.41, 5.74) is 8.09. The molecule has 0 aliphatic carbocycles. The fourth-order valence-electron chi connectivity index (χ4n) is 2.01. The Morgan fingerprint density at radius 3 is 2.30 bits per heavy atom. The van der Waals surface area contributed by atoms with Crippen LogP contribution in [0.1, 0.15) is 47.4 Å². The molecule has 0 fully saturated rings. The molecule has 0 saturated heterocycles. The van der Waals surface area contributed by atoms with E-state index in [9.17, 15) is 9.59 Å². The second kappa shape index (κ2) is 8.45. The maximum atomic E-state index is 11.9. The van der Waals surface area contributed by atoms with Crippen molar-refractivity contribution in [2.45, 2.75) is 25.8 Å². The van der Waals surface area contributed by atoms with Crippen molar-refractivity contribution in [3.8, 4) is 0 Å². The fourth-order valence-corrected chi connectivity index (χ4v) is 2.01. The van der Waals surface area contributed by atoms with Crippen LogP contribution < -0.4 is 16.6 Å². The van der Waals surface area contributed by atoms with Crippen LogP contribution in [0.2, 0.25) is 0 Å². The summed E-state index contributed by atoms with van der Waals surface area (Å²) in [6, 6.07) is 10.4. The number of rotatable bonds is 5. The van der Waals surface area contributed by atoms with Gasteiger partial charge in [-0.15, -0.1) is 12.4 Å². The Morgan fingerprint density at radius 1 is 1.17 bits per heavy atom. The van der Waals surface area contributed by atoms with Crippen LogP contribution in [0.5, 0.6) is 0 Å². The number of nitrogens with one attached hydrogen (secondary N) is 2. The first-order valence-electron chi connectivity index (χ1n) is 7.16. The van der Waals surface area contributed by atoms with Gasteiger partial charge in [0.1, 0.15) is 5.69 Å². The predicted octanol–water partition coefficient (Wildman–Crippen LogP) is 1.74. The molecule has 6 nitrogen and oxygen atoms in total. The van der Waals surface area contributed by atoms with E-state index in [1.54, 1.807) is 0 Å². The van der Waals surface area contributed by atoms with Crippen LogP contribution >= 0.6 is 12.4 Å². The van der Waals surface area contributed by atoms with Gasteiger partial charge in [0.15, 0.2) is 0 Å². The summed E-state index contributed by atoms with van der Waals surface area (Å²) in [7, 11) is 0. The third-order valence-corrected chi connectivity index (χ3v) is 3.43. The van der Waals surface area contributed by atoms with E-state index in [1.165, 1.54) is 17.7 Å². The van der Waals surface area contributed by atoms with E-state index in [0.717, 1.165) is 5.56 Å². The number of benzene rings is 1. The summed E-state index contributed by atoms with van der Waals surface area (Å²) < 4.78 is 0. The van der Waals surface area contributed by atoms with Crippen molar-refractivity contribution >= 4 is 18.3 Å². The monoisotopic (exact) mass is 336 g/mol. The van der Waals surface area contributed by atoms with Crippen molar-refractivity contribution in [2.24, 2.45) is 5.73 Å². The number of carbonyl (C=O) groups excluding carboxylic acids is 1. The molecule has 1 amide bonds. The number of hydrogen-bond acceptors (Lipinski definition) is 4. The summed E-state index contributed by atoms with van der Waals surface area (Å²) >= 11 is 0. The molecule has 0 spiro atoms. The van der Waals surface area contributed by atoms with Gasteiger partial charge in [0, 0.05) is 18.7 Å². The van der Waals surface area contributed by atoms with Gasteiger partial charge in [0.05, 0.1) is 0 Å². The second-order valence-corrected chi connectivity index (χ2v) is 5.44. The Kier molecular flexibility index (Phi) is 6.93. The zero-order valence-electron chi connectivity index (χ0n) is 13.1. The van der Waals surface area contributed by atoms with Gasteiger partial charge in [-0.05, 0) is 23.1 Å². The number of aromatic nitrogens is 2. The summed E-state index contributed by atoms with van der Waals surface area (Å²) in [4.78, 5) is 22.8. The smallest absolute Gasteiger partial charge is 0.271 e. The highest BCUT2D eigenvalue weighted by atomic mass is 35.5. The molecule has 0 aliphatic rings. The van der Waals surface area contributed by atoms with Crippen molar-refractivity contribution in [3.05, 3.63) is 63.6 Å². The molecular formula is C16H21ClN4O2. The summed E-state index contributed by atoms with van der Waals surface area (Å²) in [5.74, 6) is 0.0989. The van der Waals surface area contributed by atoms with Gasteiger partial charge in [0.2, 0.25) is 0 Å². The van der Waals surface area contributed by atoms with Gasteiger partial charge >= 0.3 is 0 Å². The Hall–Kier alpha value is -2.18. The molecule has 0 bridgehead atoms.